The maximum atomic E-state index is 12.6. The van der Waals surface area contributed by atoms with Crippen LogP contribution >= 0.6 is 0 Å². The number of rotatable bonds is 5. The predicted octanol–water partition coefficient (Wildman–Crippen LogP) is 2.80. The first-order valence-electron chi connectivity index (χ1n) is 8.51. The molecule has 0 saturated carbocycles. The van der Waals surface area contributed by atoms with Crippen LogP contribution in [0.1, 0.15) is 17.3 Å². The average molecular weight is 359 g/mol. The first-order valence-corrected chi connectivity index (χ1v) is 8.51. The fourth-order valence-corrected chi connectivity index (χ4v) is 2.76. The number of tetrazole rings is 1. The molecule has 0 atom stereocenters. The average Bonchev–Trinajstić information content (AvgIpc) is 3.40. The first-order chi connectivity index (χ1) is 13.2. The van der Waals surface area contributed by atoms with E-state index < -0.39 is 0 Å². The van der Waals surface area contributed by atoms with Crippen molar-refractivity contribution in [1.82, 2.24) is 29.8 Å². The van der Waals surface area contributed by atoms with Crippen molar-refractivity contribution in [3.8, 4) is 17.1 Å². The lowest BCUT2D eigenvalue weighted by molar-refractivity contribution is 0.102. The quantitative estimate of drug-likeness (QED) is 0.592. The molecule has 0 aliphatic heterocycles. The number of nitrogens with one attached hydrogen (secondary N) is 1. The molecule has 8 heteroatoms. The second kappa shape index (κ2) is 7.20. The standard InChI is InChI=1S/C19H17N7O/c1-2-26-18(22-23-24-26)14-4-3-5-15(12-14)19(27)21-16-6-8-17(9-7-16)25-11-10-20-13-25/h3-13H,2H2,1H3,(H,21,27). The Morgan fingerprint density at radius 3 is 2.74 bits per heavy atom. The number of imidazole rings is 1. The predicted molar refractivity (Wildman–Crippen MR) is 100 cm³/mol. The Morgan fingerprint density at radius 2 is 2.00 bits per heavy atom. The number of hydrogen-bond acceptors (Lipinski definition) is 5. The summed E-state index contributed by atoms with van der Waals surface area (Å²) in [5.74, 6) is 0.444. The summed E-state index contributed by atoms with van der Waals surface area (Å²) < 4.78 is 3.58. The van der Waals surface area contributed by atoms with Gasteiger partial charge in [0.25, 0.3) is 5.91 Å². The number of hydrogen-bond donors (Lipinski definition) is 1. The number of nitrogens with zero attached hydrogens (tertiary/aromatic N) is 6. The maximum Gasteiger partial charge on any atom is 0.255 e. The van der Waals surface area contributed by atoms with E-state index in [1.807, 2.05) is 54.1 Å². The van der Waals surface area contributed by atoms with Gasteiger partial charge in [-0.25, -0.2) is 9.67 Å². The van der Waals surface area contributed by atoms with Crippen LogP contribution in [-0.2, 0) is 6.54 Å². The van der Waals surface area contributed by atoms with Crippen molar-refractivity contribution < 1.29 is 4.79 Å². The van der Waals surface area contributed by atoms with Gasteiger partial charge in [0.05, 0.1) is 6.33 Å². The number of carbonyl (C=O) groups is 1. The molecule has 2 heterocycles. The van der Waals surface area contributed by atoms with Gasteiger partial charge in [0.1, 0.15) is 0 Å². The molecule has 134 valence electrons. The number of carbonyl (C=O) groups excluding carboxylic acids is 1. The summed E-state index contributed by atoms with van der Waals surface area (Å²) in [6.07, 6.45) is 5.31. The van der Waals surface area contributed by atoms with E-state index >= 15 is 0 Å². The molecular formula is C19H17N7O. The topological polar surface area (TPSA) is 90.5 Å². The van der Waals surface area contributed by atoms with E-state index in [0.29, 0.717) is 23.6 Å². The van der Waals surface area contributed by atoms with Gasteiger partial charge in [-0.05, 0) is 53.7 Å². The van der Waals surface area contributed by atoms with Crippen molar-refractivity contribution in [3.63, 3.8) is 0 Å². The van der Waals surface area contributed by atoms with E-state index in [2.05, 4.69) is 25.8 Å². The van der Waals surface area contributed by atoms with Gasteiger partial charge in [0, 0.05) is 41.4 Å². The molecule has 4 aromatic rings. The van der Waals surface area contributed by atoms with E-state index in [4.69, 9.17) is 0 Å². The highest BCUT2D eigenvalue weighted by Gasteiger charge is 2.12. The lowest BCUT2D eigenvalue weighted by atomic mass is 10.1. The molecule has 0 unspecified atom stereocenters. The van der Waals surface area contributed by atoms with Gasteiger partial charge in [-0.3, -0.25) is 4.79 Å². The third-order valence-electron chi connectivity index (χ3n) is 4.14. The van der Waals surface area contributed by atoms with Crippen molar-refractivity contribution >= 4 is 11.6 Å². The minimum atomic E-state index is -0.192. The van der Waals surface area contributed by atoms with E-state index in [1.165, 1.54) is 0 Å². The zero-order chi connectivity index (χ0) is 18.6. The van der Waals surface area contributed by atoms with Gasteiger partial charge in [-0.2, -0.15) is 0 Å². The summed E-state index contributed by atoms with van der Waals surface area (Å²) in [7, 11) is 0. The molecule has 1 amide bonds. The number of amides is 1. The van der Waals surface area contributed by atoms with Crippen LogP contribution in [0.3, 0.4) is 0 Å². The highest BCUT2D eigenvalue weighted by Crippen LogP contribution is 2.19. The molecule has 2 aromatic carbocycles. The number of anilines is 1. The van der Waals surface area contributed by atoms with E-state index in [9.17, 15) is 4.79 Å². The SMILES string of the molecule is CCn1nnnc1-c1cccc(C(=O)Nc2ccc(-n3ccnc3)cc2)c1. The zero-order valence-corrected chi connectivity index (χ0v) is 14.6. The second-order valence-corrected chi connectivity index (χ2v) is 5.87. The van der Waals surface area contributed by atoms with Crippen LogP contribution in [-0.4, -0.2) is 35.7 Å². The molecule has 2 aromatic heterocycles. The Balaban J connectivity index is 1.52. The minimum absolute atomic E-state index is 0.192. The van der Waals surface area contributed by atoms with Crippen molar-refractivity contribution in [2.24, 2.45) is 0 Å². The maximum absolute atomic E-state index is 12.6. The molecule has 0 fully saturated rings. The first kappa shape index (κ1) is 16.6. The van der Waals surface area contributed by atoms with Crippen LogP contribution in [0.15, 0.2) is 67.3 Å². The van der Waals surface area contributed by atoms with Crippen LogP contribution in [0.2, 0.25) is 0 Å². The Morgan fingerprint density at radius 1 is 1.15 bits per heavy atom. The lowest BCUT2D eigenvalue weighted by Gasteiger charge is -2.08. The number of aromatic nitrogens is 6. The largest absolute Gasteiger partial charge is 0.322 e. The van der Waals surface area contributed by atoms with E-state index in [1.54, 1.807) is 29.3 Å². The van der Waals surface area contributed by atoms with Gasteiger partial charge in [0.2, 0.25) is 0 Å². The third-order valence-corrected chi connectivity index (χ3v) is 4.14. The van der Waals surface area contributed by atoms with E-state index in [0.717, 1.165) is 11.3 Å². The summed E-state index contributed by atoms with van der Waals surface area (Å²) in [5, 5.41) is 14.6. The Hall–Kier alpha value is -3.81. The second-order valence-electron chi connectivity index (χ2n) is 5.87. The van der Waals surface area contributed by atoms with Gasteiger partial charge in [-0.15, -0.1) is 5.10 Å². The summed E-state index contributed by atoms with van der Waals surface area (Å²) in [6, 6.07) is 14.8. The molecule has 0 spiro atoms. The Kier molecular flexibility index (Phi) is 4.44. The summed E-state index contributed by atoms with van der Waals surface area (Å²) in [6.45, 7) is 2.62. The van der Waals surface area contributed by atoms with Crippen molar-refractivity contribution in [2.45, 2.75) is 13.5 Å². The van der Waals surface area contributed by atoms with Crippen LogP contribution in [0.5, 0.6) is 0 Å². The van der Waals surface area contributed by atoms with Gasteiger partial charge in [0.15, 0.2) is 5.82 Å². The van der Waals surface area contributed by atoms with Crippen LogP contribution in [0, 0.1) is 0 Å². The summed E-state index contributed by atoms with van der Waals surface area (Å²) >= 11 is 0. The van der Waals surface area contributed by atoms with Crippen molar-refractivity contribution in [2.75, 3.05) is 5.32 Å². The molecule has 0 aliphatic rings. The van der Waals surface area contributed by atoms with Gasteiger partial charge < -0.3 is 9.88 Å². The molecule has 0 saturated heterocycles. The Bertz CT molecular complexity index is 1050. The molecule has 0 aliphatic carbocycles. The number of benzene rings is 2. The molecule has 8 nitrogen and oxygen atoms in total. The molecule has 27 heavy (non-hydrogen) atoms. The third kappa shape index (κ3) is 3.45. The lowest BCUT2D eigenvalue weighted by Crippen LogP contribution is -2.12. The Labute approximate surface area is 155 Å². The zero-order valence-electron chi connectivity index (χ0n) is 14.6. The molecule has 4 rings (SSSR count). The highest BCUT2D eigenvalue weighted by molar-refractivity contribution is 6.04. The van der Waals surface area contributed by atoms with Crippen molar-refractivity contribution in [3.05, 3.63) is 72.8 Å². The van der Waals surface area contributed by atoms with E-state index in [-0.39, 0.29) is 5.91 Å². The van der Waals surface area contributed by atoms with Crippen LogP contribution in [0.4, 0.5) is 5.69 Å². The smallest absolute Gasteiger partial charge is 0.255 e. The van der Waals surface area contributed by atoms with Gasteiger partial charge in [-0.1, -0.05) is 12.1 Å². The monoisotopic (exact) mass is 359 g/mol. The highest BCUT2D eigenvalue weighted by atomic mass is 16.1. The normalized spacial score (nSPS) is 10.7. The van der Waals surface area contributed by atoms with Gasteiger partial charge >= 0.3 is 0 Å². The van der Waals surface area contributed by atoms with Crippen molar-refractivity contribution in [1.29, 1.82) is 0 Å². The molecule has 1 N–H and O–H groups in total. The fourth-order valence-electron chi connectivity index (χ4n) is 2.76. The number of aryl methyl sites for hydroxylation is 1. The fraction of sp³-hybridized carbons (Fsp3) is 0.105. The van der Waals surface area contributed by atoms with Crippen LogP contribution in [0.25, 0.3) is 17.1 Å². The molecule has 0 radical (unpaired) electrons. The summed E-state index contributed by atoms with van der Waals surface area (Å²) in [4.78, 5) is 16.6. The van der Waals surface area contributed by atoms with Crippen LogP contribution < -0.4 is 5.32 Å². The molecule has 0 bridgehead atoms. The summed E-state index contributed by atoms with van der Waals surface area (Å²) in [5.41, 5.74) is 3.02. The molecular weight excluding hydrogens is 342 g/mol. The minimum Gasteiger partial charge on any atom is -0.322 e.